The second-order valence-corrected chi connectivity index (χ2v) is 8.58. The quantitative estimate of drug-likeness (QED) is 0.306. The largest absolute Gasteiger partial charge is 0.493 e. The lowest BCUT2D eigenvalue weighted by molar-refractivity contribution is -0.115. The van der Waals surface area contributed by atoms with E-state index in [4.69, 9.17) is 38.0 Å². The van der Waals surface area contributed by atoms with Crippen molar-refractivity contribution in [3.05, 3.63) is 57.5 Å². The molecule has 0 saturated carbocycles. The molecule has 2 aromatic rings. The van der Waals surface area contributed by atoms with E-state index in [1.54, 1.807) is 6.08 Å². The molecule has 8 heteroatoms. The first-order valence-electron chi connectivity index (χ1n) is 9.49. The molecule has 158 valence electrons. The average Bonchev–Trinajstić information content (AvgIpc) is 3.02. The molecule has 1 heterocycles. The van der Waals surface area contributed by atoms with E-state index in [1.807, 2.05) is 50.2 Å². The SMILES string of the molecule is CCOc1cc(/C=C2/SC(=S)NC2=O)ccc1OCCCOc1ccc(Cl)c(C)c1. The number of carbonyl (C=O) groups excluding carboxylic acids is 1. The Morgan fingerprint density at radius 1 is 1.10 bits per heavy atom. The van der Waals surface area contributed by atoms with Crippen molar-refractivity contribution < 1.29 is 19.0 Å². The van der Waals surface area contributed by atoms with Crippen molar-refractivity contribution >= 4 is 51.9 Å². The van der Waals surface area contributed by atoms with Crippen LogP contribution in [0.1, 0.15) is 24.5 Å². The van der Waals surface area contributed by atoms with Crippen LogP contribution in [0.3, 0.4) is 0 Å². The zero-order valence-corrected chi connectivity index (χ0v) is 19.1. The topological polar surface area (TPSA) is 56.8 Å². The first-order valence-corrected chi connectivity index (χ1v) is 11.1. The summed E-state index contributed by atoms with van der Waals surface area (Å²) in [5, 5.41) is 3.33. The lowest BCUT2D eigenvalue weighted by atomic mass is 10.2. The number of thioether (sulfide) groups is 1. The molecule has 2 aromatic carbocycles. The number of nitrogens with one attached hydrogen (secondary N) is 1. The van der Waals surface area contributed by atoms with Crippen molar-refractivity contribution in [1.29, 1.82) is 0 Å². The number of hydrogen-bond donors (Lipinski definition) is 1. The number of amides is 1. The summed E-state index contributed by atoms with van der Waals surface area (Å²) in [5.41, 5.74) is 1.83. The molecule has 0 unspecified atom stereocenters. The van der Waals surface area contributed by atoms with Crippen LogP contribution < -0.4 is 19.5 Å². The van der Waals surface area contributed by atoms with Crippen molar-refractivity contribution in [3.8, 4) is 17.2 Å². The van der Waals surface area contributed by atoms with Gasteiger partial charge in [-0.1, -0.05) is 41.6 Å². The molecule has 1 aliphatic rings. The van der Waals surface area contributed by atoms with E-state index < -0.39 is 0 Å². The number of rotatable bonds is 9. The lowest BCUT2D eigenvalue weighted by Gasteiger charge is -2.13. The molecule has 0 aromatic heterocycles. The second-order valence-electron chi connectivity index (χ2n) is 6.45. The second kappa shape index (κ2) is 10.7. The molecule has 1 saturated heterocycles. The van der Waals surface area contributed by atoms with Gasteiger partial charge in [-0.25, -0.2) is 0 Å². The molecule has 0 atom stereocenters. The predicted molar refractivity (Wildman–Crippen MR) is 126 cm³/mol. The van der Waals surface area contributed by atoms with Gasteiger partial charge in [0, 0.05) is 11.4 Å². The van der Waals surface area contributed by atoms with Gasteiger partial charge in [0.2, 0.25) is 0 Å². The van der Waals surface area contributed by atoms with E-state index in [0.29, 0.717) is 47.0 Å². The Bertz CT molecular complexity index is 978. The van der Waals surface area contributed by atoms with Gasteiger partial charge in [0.25, 0.3) is 5.91 Å². The Morgan fingerprint density at radius 2 is 1.90 bits per heavy atom. The molecule has 1 fully saturated rings. The van der Waals surface area contributed by atoms with Crippen LogP contribution in [-0.2, 0) is 4.79 Å². The average molecular weight is 464 g/mol. The van der Waals surface area contributed by atoms with Gasteiger partial charge in [0.15, 0.2) is 11.5 Å². The van der Waals surface area contributed by atoms with Crippen LogP contribution in [0.5, 0.6) is 17.2 Å². The van der Waals surface area contributed by atoms with Crippen molar-refractivity contribution in [1.82, 2.24) is 5.32 Å². The summed E-state index contributed by atoms with van der Waals surface area (Å²) in [7, 11) is 0. The maximum Gasteiger partial charge on any atom is 0.263 e. The number of benzene rings is 2. The first kappa shape index (κ1) is 22.5. The Labute approximate surface area is 190 Å². The Kier molecular flexibility index (Phi) is 8.01. The third-order valence-corrected chi connectivity index (χ3v) is 5.74. The van der Waals surface area contributed by atoms with E-state index in [9.17, 15) is 4.79 Å². The van der Waals surface area contributed by atoms with Crippen LogP contribution in [-0.4, -0.2) is 30.0 Å². The van der Waals surface area contributed by atoms with Gasteiger partial charge in [-0.15, -0.1) is 0 Å². The fourth-order valence-electron chi connectivity index (χ4n) is 2.71. The molecule has 0 aliphatic carbocycles. The Morgan fingerprint density at radius 3 is 2.60 bits per heavy atom. The zero-order chi connectivity index (χ0) is 21.5. The number of ether oxygens (including phenoxy) is 3. The highest BCUT2D eigenvalue weighted by molar-refractivity contribution is 8.26. The summed E-state index contributed by atoms with van der Waals surface area (Å²) in [5.74, 6) is 1.89. The van der Waals surface area contributed by atoms with E-state index in [0.717, 1.165) is 21.9 Å². The van der Waals surface area contributed by atoms with Gasteiger partial charge in [-0.3, -0.25) is 4.79 Å². The summed E-state index contributed by atoms with van der Waals surface area (Å²) < 4.78 is 17.8. The molecule has 0 radical (unpaired) electrons. The minimum Gasteiger partial charge on any atom is -0.493 e. The minimum absolute atomic E-state index is 0.181. The summed E-state index contributed by atoms with van der Waals surface area (Å²) in [6, 6.07) is 11.2. The smallest absolute Gasteiger partial charge is 0.263 e. The van der Waals surface area contributed by atoms with Gasteiger partial charge >= 0.3 is 0 Å². The number of carbonyl (C=O) groups is 1. The molecule has 3 rings (SSSR count). The van der Waals surface area contributed by atoms with Crippen LogP contribution in [0, 0.1) is 6.92 Å². The normalized spacial score (nSPS) is 14.7. The van der Waals surface area contributed by atoms with Gasteiger partial charge in [-0.2, -0.15) is 0 Å². The molecule has 5 nitrogen and oxygen atoms in total. The predicted octanol–water partition coefficient (Wildman–Crippen LogP) is 5.38. The number of hydrogen-bond acceptors (Lipinski definition) is 6. The highest BCUT2D eigenvalue weighted by Gasteiger charge is 2.22. The highest BCUT2D eigenvalue weighted by atomic mass is 35.5. The maximum absolute atomic E-state index is 11.8. The first-order chi connectivity index (χ1) is 14.5. The van der Waals surface area contributed by atoms with Gasteiger partial charge < -0.3 is 19.5 Å². The van der Waals surface area contributed by atoms with Crippen LogP contribution in [0.15, 0.2) is 41.3 Å². The minimum atomic E-state index is -0.181. The van der Waals surface area contributed by atoms with E-state index in [-0.39, 0.29) is 5.91 Å². The summed E-state index contributed by atoms with van der Waals surface area (Å²) in [6.07, 6.45) is 2.50. The lowest BCUT2D eigenvalue weighted by Crippen LogP contribution is -2.17. The molecular weight excluding hydrogens is 442 g/mol. The Hall–Kier alpha value is -2.22. The number of aryl methyl sites for hydroxylation is 1. The summed E-state index contributed by atoms with van der Waals surface area (Å²) >= 11 is 12.3. The Balaban J connectivity index is 1.56. The standard InChI is InChI=1S/C22H22ClNO4S2/c1-3-26-19-12-15(13-20-21(25)24-22(29)30-20)5-8-18(19)28-10-4-9-27-16-6-7-17(23)14(2)11-16/h5-8,11-13H,3-4,9-10H2,1-2H3,(H,24,25,29)/b20-13+. The fraction of sp³-hybridized carbons (Fsp3) is 0.273. The summed E-state index contributed by atoms with van der Waals surface area (Å²) in [6.45, 7) is 5.38. The fourth-order valence-corrected chi connectivity index (χ4v) is 3.87. The zero-order valence-electron chi connectivity index (χ0n) is 16.7. The molecule has 1 N–H and O–H groups in total. The van der Waals surface area contributed by atoms with Gasteiger partial charge in [-0.05, 0) is 61.4 Å². The third kappa shape index (κ3) is 6.14. The monoisotopic (exact) mass is 463 g/mol. The van der Waals surface area contributed by atoms with Gasteiger partial charge in [0.05, 0.1) is 24.7 Å². The van der Waals surface area contributed by atoms with Crippen molar-refractivity contribution in [2.75, 3.05) is 19.8 Å². The molecule has 0 bridgehead atoms. The van der Waals surface area contributed by atoms with Crippen LogP contribution in [0.4, 0.5) is 0 Å². The van der Waals surface area contributed by atoms with Crippen molar-refractivity contribution in [3.63, 3.8) is 0 Å². The number of halogens is 1. The molecular formula is C22H22ClNO4S2. The van der Waals surface area contributed by atoms with Gasteiger partial charge in [0.1, 0.15) is 10.1 Å². The van der Waals surface area contributed by atoms with Crippen molar-refractivity contribution in [2.24, 2.45) is 0 Å². The molecule has 30 heavy (non-hydrogen) atoms. The van der Waals surface area contributed by atoms with E-state index in [2.05, 4.69) is 5.32 Å². The molecule has 1 amide bonds. The van der Waals surface area contributed by atoms with Crippen LogP contribution in [0.2, 0.25) is 5.02 Å². The van der Waals surface area contributed by atoms with E-state index >= 15 is 0 Å². The third-order valence-electron chi connectivity index (χ3n) is 4.15. The van der Waals surface area contributed by atoms with E-state index in [1.165, 1.54) is 11.8 Å². The van der Waals surface area contributed by atoms with Crippen molar-refractivity contribution in [2.45, 2.75) is 20.3 Å². The van der Waals surface area contributed by atoms with Crippen LogP contribution >= 0.6 is 35.6 Å². The maximum atomic E-state index is 11.8. The summed E-state index contributed by atoms with van der Waals surface area (Å²) in [4.78, 5) is 12.4. The number of thiocarbonyl (C=S) groups is 1. The molecule has 1 aliphatic heterocycles. The molecule has 0 spiro atoms. The van der Waals surface area contributed by atoms with Crippen LogP contribution in [0.25, 0.3) is 6.08 Å². The highest BCUT2D eigenvalue weighted by Crippen LogP contribution is 2.32.